The molecule has 0 rings (SSSR count). The summed E-state index contributed by atoms with van der Waals surface area (Å²) in [6, 6.07) is 0. The molecule has 0 aliphatic heterocycles. The Morgan fingerprint density at radius 1 is 1.10 bits per heavy atom. The van der Waals surface area contributed by atoms with E-state index in [1.807, 2.05) is 0 Å². The molecule has 0 saturated heterocycles. The van der Waals surface area contributed by atoms with Crippen LogP contribution in [-0.4, -0.2) is 77.3 Å². The van der Waals surface area contributed by atoms with Gasteiger partial charge >= 0.3 is 61.0 Å². The van der Waals surface area contributed by atoms with Crippen LogP contribution in [0.25, 0.3) is 0 Å². The average molecular weight is 243 g/mol. The van der Waals surface area contributed by atoms with Crippen LogP contribution >= 0.6 is 0 Å². The Morgan fingerprint density at radius 2 is 1.10 bits per heavy atom. The third-order valence-electron chi connectivity index (χ3n) is 0. The fourth-order valence-corrected chi connectivity index (χ4v) is 0. The van der Waals surface area contributed by atoms with Gasteiger partial charge in [-0.05, 0) is 6.16 Å². The molecule has 0 bridgehead atoms. The van der Waals surface area contributed by atoms with Crippen LogP contribution in [0.5, 0.6) is 0 Å². The summed E-state index contributed by atoms with van der Waals surface area (Å²) in [4.78, 5) is 16.9. The number of carboxylic acid groups (broad SMARTS) is 4. The topological polar surface area (TPSA) is 121 Å². The van der Waals surface area contributed by atoms with E-state index in [-0.39, 0.29) is 54.8 Å². The summed E-state index contributed by atoms with van der Waals surface area (Å²) in [5, 5.41) is 30.6. The average Bonchev–Trinajstić information content (AvgIpc) is 1.25. The zero-order valence-corrected chi connectivity index (χ0v) is 9.04. The Hall–Kier alpha value is 0.319. The molecule has 0 aromatic rings. The van der Waals surface area contributed by atoms with Crippen LogP contribution < -0.4 is 10.2 Å². The van der Waals surface area contributed by atoms with Gasteiger partial charge in [0.1, 0.15) is 0 Å². The van der Waals surface area contributed by atoms with Crippen molar-refractivity contribution >= 4 is 67.1 Å². The molecule has 0 aromatic carbocycles. The van der Waals surface area contributed by atoms with Crippen LogP contribution in [0.3, 0.4) is 0 Å². The maximum atomic E-state index is 8.56. The van der Waals surface area contributed by atoms with Gasteiger partial charge in [0.05, 0.1) is 0 Å². The van der Waals surface area contributed by atoms with E-state index in [0.29, 0.717) is 0 Å². The van der Waals surface area contributed by atoms with E-state index < -0.39 is 12.3 Å². The van der Waals surface area contributed by atoms with E-state index in [2.05, 4.69) is 0 Å². The molecule has 0 saturated carbocycles. The first-order valence-electron chi connectivity index (χ1n) is 1.26. The normalized spacial score (nSPS) is 4.80. The summed E-state index contributed by atoms with van der Waals surface area (Å²) in [5.41, 5.74) is 0. The van der Waals surface area contributed by atoms with E-state index in [1.54, 1.807) is 0 Å². The predicted molar refractivity (Wildman–Crippen MR) is 30.3 cm³/mol. The van der Waals surface area contributed by atoms with Crippen LogP contribution in [0.15, 0.2) is 0 Å². The molecular weight excluding hydrogens is 239 g/mol. The Kier molecular flexibility index (Phi) is 36.2. The molecule has 0 aromatic heterocycles. The number of hydrogen-bond donors (Lipinski definition) is 2. The van der Waals surface area contributed by atoms with E-state index >= 15 is 0 Å². The van der Waals surface area contributed by atoms with Gasteiger partial charge in [0.15, 0.2) is 0 Å². The van der Waals surface area contributed by atoms with Crippen LogP contribution in [0, 0.1) is 0 Å². The summed E-state index contributed by atoms with van der Waals surface area (Å²) < 4.78 is 0. The van der Waals surface area contributed by atoms with Gasteiger partial charge in [-0.3, -0.25) is 0 Å². The summed E-state index contributed by atoms with van der Waals surface area (Å²) in [6.07, 6.45) is -4.17. The standard InChI is InChI=1S/2CH2O3.Ca.H2Se/c2*2-1(3)4;;/h2*(H2,2,3,4);;1H2/q;;+2;/p-2. The van der Waals surface area contributed by atoms with Crippen molar-refractivity contribution in [3.63, 3.8) is 0 Å². The summed E-state index contributed by atoms with van der Waals surface area (Å²) in [5.74, 6) is 0. The molecule has 0 aliphatic rings. The van der Waals surface area contributed by atoms with Gasteiger partial charge in [-0.15, -0.1) is 0 Å². The van der Waals surface area contributed by atoms with Crippen molar-refractivity contribution in [1.29, 1.82) is 0 Å². The Bertz CT molecular complexity index is 73.7. The van der Waals surface area contributed by atoms with Crippen LogP contribution in [-0.2, 0) is 0 Å². The third-order valence-corrected chi connectivity index (χ3v) is 0. The molecule has 8 heteroatoms. The van der Waals surface area contributed by atoms with Crippen molar-refractivity contribution < 1.29 is 30.0 Å². The molecule has 0 fully saturated rings. The maximum absolute atomic E-state index is 8.56. The molecule has 0 radical (unpaired) electrons. The zero-order chi connectivity index (χ0) is 7.15. The van der Waals surface area contributed by atoms with Gasteiger partial charge in [-0.2, -0.15) is 0 Å². The van der Waals surface area contributed by atoms with Gasteiger partial charge in [-0.1, -0.05) is 0 Å². The van der Waals surface area contributed by atoms with Gasteiger partial charge in [0.25, 0.3) is 0 Å². The monoisotopic (exact) mass is 244 g/mol. The molecule has 0 spiro atoms. The van der Waals surface area contributed by atoms with Crippen molar-refractivity contribution in [2.45, 2.75) is 0 Å². The number of carbonyl (C=O) groups excluding carboxylic acids is 1. The first kappa shape index (κ1) is 22.4. The van der Waals surface area contributed by atoms with Gasteiger partial charge in [0, 0.05) is 0 Å². The fraction of sp³-hybridized carbons (Fsp3) is 0. The summed E-state index contributed by atoms with van der Waals surface area (Å²) in [6.45, 7) is 0. The number of carbonyl (C=O) groups is 2. The van der Waals surface area contributed by atoms with Crippen molar-refractivity contribution in [3.8, 4) is 0 Å². The summed E-state index contributed by atoms with van der Waals surface area (Å²) in [7, 11) is 0. The molecule has 56 valence electrons. The zero-order valence-electron chi connectivity index (χ0n) is 4.73. The predicted octanol–water partition coefficient (Wildman–Crippen LogP) is -3.52. The second kappa shape index (κ2) is 16.2. The molecule has 0 unspecified atom stereocenters. The molecule has 2 N–H and O–H groups in total. The number of rotatable bonds is 0. The SMILES string of the molecule is O=C(O)O.O=C([O-])[O-].[Ca+2].[SeH2]. The molecule has 10 heavy (non-hydrogen) atoms. The fourth-order valence-electron chi connectivity index (χ4n) is 0. The van der Waals surface area contributed by atoms with E-state index in [9.17, 15) is 0 Å². The second-order valence-electron chi connectivity index (χ2n) is 0.533. The molecular formula is C2H4CaO6Se. The van der Waals surface area contributed by atoms with E-state index in [0.717, 1.165) is 0 Å². The molecule has 6 nitrogen and oxygen atoms in total. The number of hydrogen-bond acceptors (Lipinski definition) is 4. The van der Waals surface area contributed by atoms with Crippen molar-refractivity contribution in [2.75, 3.05) is 0 Å². The Labute approximate surface area is 96.3 Å². The Balaban J connectivity index is -0.0000000300. The van der Waals surface area contributed by atoms with Crippen molar-refractivity contribution in [1.82, 2.24) is 0 Å². The summed E-state index contributed by atoms with van der Waals surface area (Å²) >= 11 is 0. The Morgan fingerprint density at radius 3 is 1.10 bits per heavy atom. The van der Waals surface area contributed by atoms with Crippen LogP contribution in [0.4, 0.5) is 9.59 Å². The van der Waals surface area contributed by atoms with Crippen molar-refractivity contribution in [3.05, 3.63) is 0 Å². The molecule has 0 atom stereocenters. The van der Waals surface area contributed by atoms with E-state index in [4.69, 9.17) is 30.0 Å². The quantitative estimate of drug-likeness (QED) is 0.425. The van der Waals surface area contributed by atoms with Crippen LogP contribution in [0.1, 0.15) is 0 Å². The van der Waals surface area contributed by atoms with Crippen molar-refractivity contribution in [2.24, 2.45) is 0 Å². The first-order chi connectivity index (χ1) is 3.46. The second-order valence-corrected chi connectivity index (χ2v) is 0.533. The first-order valence-corrected chi connectivity index (χ1v) is 1.26. The van der Waals surface area contributed by atoms with Gasteiger partial charge in [-0.25, -0.2) is 4.79 Å². The van der Waals surface area contributed by atoms with Gasteiger partial charge in [0.2, 0.25) is 0 Å². The van der Waals surface area contributed by atoms with Crippen LogP contribution in [0.2, 0.25) is 0 Å². The molecule has 0 heterocycles. The minimum atomic E-state index is -2.33. The van der Waals surface area contributed by atoms with Gasteiger partial charge < -0.3 is 25.2 Å². The molecule has 0 amide bonds. The van der Waals surface area contributed by atoms with E-state index in [1.165, 1.54) is 0 Å². The molecule has 0 aliphatic carbocycles. The third kappa shape index (κ3) is 4370. The minimum absolute atomic E-state index is 0.